The van der Waals surface area contributed by atoms with Gasteiger partial charge in [-0.3, -0.25) is 0 Å². The number of thiazole rings is 1. The normalized spacial score (nSPS) is 11.8. The van der Waals surface area contributed by atoms with E-state index in [2.05, 4.69) is 9.71 Å². The number of thiophene rings is 1. The maximum Gasteiger partial charge on any atom is 0.250 e. The number of rotatable bonds is 5. The first-order valence-electron chi connectivity index (χ1n) is 5.29. The molecule has 2 rings (SSSR count). The summed E-state index contributed by atoms with van der Waals surface area (Å²) < 4.78 is 26.8. The number of nitrogens with zero attached hydrogens (tertiary/aromatic N) is 1. The van der Waals surface area contributed by atoms with Crippen molar-refractivity contribution in [3.8, 4) is 0 Å². The first-order valence-corrected chi connectivity index (χ1v) is 8.47. The van der Waals surface area contributed by atoms with Gasteiger partial charge in [-0.15, -0.1) is 22.7 Å². The van der Waals surface area contributed by atoms with Gasteiger partial charge in [-0.2, -0.15) is 0 Å². The second-order valence-electron chi connectivity index (χ2n) is 3.58. The Bertz CT molecular complexity index is 630. The van der Waals surface area contributed by atoms with Crippen molar-refractivity contribution >= 4 is 37.8 Å². The smallest absolute Gasteiger partial charge is 0.250 e. The van der Waals surface area contributed by atoms with Gasteiger partial charge in [0.15, 0.2) is 5.13 Å². The predicted molar refractivity (Wildman–Crippen MR) is 74.2 cm³/mol. The zero-order valence-electron chi connectivity index (χ0n) is 9.71. The molecule has 0 aliphatic rings. The average Bonchev–Trinajstić information content (AvgIpc) is 2.95. The van der Waals surface area contributed by atoms with E-state index in [1.54, 1.807) is 11.4 Å². The Hall–Kier alpha value is -0.960. The van der Waals surface area contributed by atoms with Gasteiger partial charge >= 0.3 is 0 Å². The second-order valence-corrected chi connectivity index (χ2v) is 7.63. The molecule has 2 heterocycles. The molecule has 3 N–H and O–H groups in total. The first-order chi connectivity index (χ1) is 8.51. The van der Waals surface area contributed by atoms with E-state index in [-0.39, 0.29) is 6.54 Å². The van der Waals surface area contributed by atoms with E-state index in [4.69, 9.17) is 5.73 Å². The van der Waals surface area contributed by atoms with Gasteiger partial charge in [0.1, 0.15) is 4.21 Å². The van der Waals surface area contributed by atoms with Crippen LogP contribution in [-0.2, 0) is 23.0 Å². The molecule has 8 heteroatoms. The largest absolute Gasteiger partial charge is 0.375 e. The number of anilines is 1. The van der Waals surface area contributed by atoms with E-state index >= 15 is 0 Å². The number of nitrogen functional groups attached to an aromatic ring is 1. The first kappa shape index (κ1) is 13.5. The minimum atomic E-state index is -3.45. The van der Waals surface area contributed by atoms with Crippen LogP contribution in [-0.4, -0.2) is 13.4 Å². The Kier molecular flexibility index (Phi) is 4.00. The monoisotopic (exact) mass is 303 g/mol. The van der Waals surface area contributed by atoms with Crippen LogP contribution in [0.25, 0.3) is 0 Å². The molecule has 0 saturated heterocycles. The number of sulfonamides is 1. The van der Waals surface area contributed by atoms with Gasteiger partial charge in [0.25, 0.3) is 0 Å². The van der Waals surface area contributed by atoms with E-state index in [1.807, 2.05) is 13.0 Å². The van der Waals surface area contributed by atoms with Crippen LogP contribution in [0.4, 0.5) is 5.13 Å². The molecule has 0 radical (unpaired) electrons. The van der Waals surface area contributed by atoms with E-state index < -0.39 is 10.0 Å². The highest BCUT2D eigenvalue weighted by Crippen LogP contribution is 2.22. The summed E-state index contributed by atoms with van der Waals surface area (Å²) in [5, 5.41) is 2.18. The number of hydrogen-bond donors (Lipinski definition) is 2. The van der Waals surface area contributed by atoms with Crippen LogP contribution >= 0.6 is 22.7 Å². The maximum atomic E-state index is 12.0. The fourth-order valence-electron chi connectivity index (χ4n) is 1.34. The van der Waals surface area contributed by atoms with Crippen molar-refractivity contribution in [2.45, 2.75) is 24.1 Å². The molecule has 0 aliphatic carbocycles. The predicted octanol–water partition coefficient (Wildman–Crippen LogP) is 1.83. The number of nitrogens with one attached hydrogen (secondary N) is 1. The third-order valence-corrected chi connectivity index (χ3v) is 6.11. The van der Waals surface area contributed by atoms with Crippen molar-refractivity contribution in [3.63, 3.8) is 0 Å². The summed E-state index contributed by atoms with van der Waals surface area (Å²) in [6.45, 7) is 2.16. The molecular formula is C10H13N3O2S3. The van der Waals surface area contributed by atoms with Gasteiger partial charge in [-0.25, -0.2) is 18.1 Å². The molecule has 0 fully saturated rings. The Labute approximate surface area is 114 Å². The molecule has 0 aromatic carbocycles. The summed E-state index contributed by atoms with van der Waals surface area (Å²) >= 11 is 2.58. The average molecular weight is 303 g/mol. The Morgan fingerprint density at radius 1 is 1.44 bits per heavy atom. The van der Waals surface area contributed by atoms with Crippen LogP contribution in [0.15, 0.2) is 21.7 Å². The summed E-state index contributed by atoms with van der Waals surface area (Å²) in [5.41, 5.74) is 6.12. The molecule has 2 aromatic heterocycles. The lowest BCUT2D eigenvalue weighted by atomic mass is 10.4. The maximum absolute atomic E-state index is 12.0. The number of nitrogens with two attached hydrogens (primary N) is 1. The van der Waals surface area contributed by atoms with Crippen molar-refractivity contribution < 1.29 is 8.42 Å². The van der Waals surface area contributed by atoms with Crippen molar-refractivity contribution in [1.29, 1.82) is 0 Å². The molecule has 5 nitrogen and oxygen atoms in total. The lowest BCUT2D eigenvalue weighted by Gasteiger charge is -2.02. The van der Waals surface area contributed by atoms with E-state index in [0.29, 0.717) is 15.0 Å². The van der Waals surface area contributed by atoms with Gasteiger partial charge < -0.3 is 5.73 Å². The Balaban J connectivity index is 2.07. The molecule has 0 amide bonds. The van der Waals surface area contributed by atoms with Crippen LogP contribution in [0.3, 0.4) is 0 Å². The molecule has 0 spiro atoms. The highest BCUT2D eigenvalue weighted by atomic mass is 32.2. The van der Waals surface area contributed by atoms with E-state index in [0.717, 1.165) is 11.3 Å². The van der Waals surface area contributed by atoms with Crippen molar-refractivity contribution in [2.24, 2.45) is 0 Å². The third kappa shape index (κ3) is 3.08. The summed E-state index contributed by atoms with van der Waals surface area (Å²) in [4.78, 5) is 5.05. The summed E-state index contributed by atoms with van der Waals surface area (Å²) in [5.74, 6) is 0. The fraction of sp³-hybridized carbons (Fsp3) is 0.300. The molecule has 98 valence electrons. The van der Waals surface area contributed by atoms with Gasteiger partial charge in [0, 0.05) is 10.3 Å². The standard InChI is InChI=1S/C10H13N3O2S3/c1-2-8-3-4-9(17-8)18(14,15)12-5-7-6-16-10(11)13-7/h3-4,6,12H,2,5H2,1H3,(H2,11,13). The fourth-order valence-corrected chi connectivity index (χ4v) is 4.24. The number of aryl methyl sites for hydroxylation is 1. The molecular weight excluding hydrogens is 290 g/mol. The van der Waals surface area contributed by atoms with E-state index in [1.165, 1.54) is 22.7 Å². The lowest BCUT2D eigenvalue weighted by molar-refractivity contribution is 0.583. The van der Waals surface area contributed by atoms with Crippen molar-refractivity contribution in [2.75, 3.05) is 5.73 Å². The van der Waals surface area contributed by atoms with Gasteiger partial charge in [0.05, 0.1) is 12.2 Å². The summed E-state index contributed by atoms with van der Waals surface area (Å²) in [7, 11) is -3.45. The minimum Gasteiger partial charge on any atom is -0.375 e. The molecule has 0 aliphatic heterocycles. The second kappa shape index (κ2) is 5.35. The highest BCUT2D eigenvalue weighted by molar-refractivity contribution is 7.91. The quantitative estimate of drug-likeness (QED) is 0.882. The van der Waals surface area contributed by atoms with Crippen LogP contribution in [0.2, 0.25) is 0 Å². The molecule has 18 heavy (non-hydrogen) atoms. The van der Waals surface area contributed by atoms with Crippen LogP contribution < -0.4 is 10.5 Å². The minimum absolute atomic E-state index is 0.162. The van der Waals surface area contributed by atoms with Crippen LogP contribution in [0.1, 0.15) is 17.5 Å². The topological polar surface area (TPSA) is 85.1 Å². The molecule has 0 unspecified atom stereocenters. The summed E-state index contributed by atoms with van der Waals surface area (Å²) in [6, 6.07) is 3.46. The van der Waals surface area contributed by atoms with Crippen LogP contribution in [0, 0.1) is 0 Å². The molecule has 0 bridgehead atoms. The lowest BCUT2D eigenvalue weighted by Crippen LogP contribution is -2.22. The van der Waals surface area contributed by atoms with Gasteiger partial charge in [-0.05, 0) is 18.6 Å². The zero-order valence-corrected chi connectivity index (χ0v) is 12.2. The SMILES string of the molecule is CCc1ccc(S(=O)(=O)NCc2csc(N)n2)s1. The van der Waals surface area contributed by atoms with Crippen LogP contribution in [0.5, 0.6) is 0 Å². The third-order valence-electron chi connectivity index (χ3n) is 2.26. The number of aromatic nitrogens is 1. The molecule has 0 atom stereocenters. The summed E-state index contributed by atoms with van der Waals surface area (Å²) in [6.07, 6.45) is 0.836. The zero-order chi connectivity index (χ0) is 13.2. The van der Waals surface area contributed by atoms with Gasteiger partial charge in [0.2, 0.25) is 10.0 Å². The molecule has 2 aromatic rings. The van der Waals surface area contributed by atoms with Crippen molar-refractivity contribution in [1.82, 2.24) is 9.71 Å². The Morgan fingerprint density at radius 2 is 2.22 bits per heavy atom. The van der Waals surface area contributed by atoms with Crippen molar-refractivity contribution in [3.05, 3.63) is 28.1 Å². The van der Waals surface area contributed by atoms with Gasteiger partial charge in [-0.1, -0.05) is 6.92 Å². The number of hydrogen-bond acceptors (Lipinski definition) is 6. The Morgan fingerprint density at radius 3 is 2.78 bits per heavy atom. The molecule has 0 saturated carbocycles. The van der Waals surface area contributed by atoms with E-state index in [9.17, 15) is 8.42 Å². The highest BCUT2D eigenvalue weighted by Gasteiger charge is 2.16.